The Hall–Kier alpha value is -0.550. The number of carboxylic acids is 1. The van der Waals surface area contributed by atoms with E-state index >= 15 is 0 Å². The van der Waals surface area contributed by atoms with Crippen LogP contribution >= 0.6 is 31.9 Å². The smallest absolute Gasteiger partial charge is 0.306 e. The summed E-state index contributed by atoms with van der Waals surface area (Å²) in [7, 11) is 0. The van der Waals surface area contributed by atoms with Gasteiger partial charge in [0.25, 0.3) is 0 Å². The lowest BCUT2D eigenvalue weighted by Crippen LogP contribution is -2.10. The number of hydrogen-bond donors (Lipinski definition) is 2. The van der Waals surface area contributed by atoms with Crippen LogP contribution in [0.2, 0.25) is 0 Å². The number of rotatable bonds is 4. The molecule has 0 heterocycles. The Morgan fingerprint density at radius 2 is 2.06 bits per heavy atom. The minimum absolute atomic E-state index is 0.153. The zero-order chi connectivity index (χ0) is 12.3. The monoisotopic (exact) mass is 350 g/mol. The lowest BCUT2D eigenvalue weighted by Gasteiger charge is -2.09. The van der Waals surface area contributed by atoms with Gasteiger partial charge in [-0.15, -0.1) is 0 Å². The van der Waals surface area contributed by atoms with Crippen LogP contribution < -0.4 is 0 Å². The molecule has 3 nitrogen and oxygen atoms in total. The molecule has 16 heavy (non-hydrogen) atoms. The second-order valence-corrected chi connectivity index (χ2v) is 5.29. The Kier molecular flexibility index (Phi) is 4.80. The number of phenols is 1. The average molecular weight is 352 g/mol. The summed E-state index contributed by atoms with van der Waals surface area (Å²) in [5.41, 5.74) is 0.911. The third-order valence-corrected chi connectivity index (χ3v) is 3.94. The molecule has 0 saturated carbocycles. The van der Waals surface area contributed by atoms with Crippen molar-refractivity contribution >= 4 is 37.8 Å². The molecule has 0 spiro atoms. The molecule has 1 unspecified atom stereocenters. The first-order valence-electron chi connectivity index (χ1n) is 4.82. The molecule has 0 aliphatic rings. The number of carboxylic acid groups (broad SMARTS) is 1. The first-order valence-corrected chi connectivity index (χ1v) is 6.40. The second kappa shape index (κ2) is 5.68. The van der Waals surface area contributed by atoms with Gasteiger partial charge in [0.05, 0.1) is 14.9 Å². The van der Waals surface area contributed by atoms with Crippen molar-refractivity contribution in [2.24, 2.45) is 5.92 Å². The fourth-order valence-corrected chi connectivity index (χ4v) is 2.41. The zero-order valence-corrected chi connectivity index (χ0v) is 11.9. The highest BCUT2D eigenvalue weighted by Crippen LogP contribution is 2.35. The van der Waals surface area contributed by atoms with E-state index in [1.165, 1.54) is 0 Å². The minimum Gasteiger partial charge on any atom is -0.506 e. The molecule has 2 N–H and O–H groups in total. The number of carbonyl (C=O) groups is 1. The Balaban J connectivity index is 2.75. The summed E-state index contributed by atoms with van der Waals surface area (Å²) in [5.74, 6) is -1.02. The van der Waals surface area contributed by atoms with Crippen LogP contribution in [0.15, 0.2) is 21.1 Å². The van der Waals surface area contributed by atoms with E-state index in [0.29, 0.717) is 21.8 Å². The number of phenolic OH excluding ortho intramolecular Hbond substituents is 1. The summed E-state index contributed by atoms with van der Waals surface area (Å²) >= 11 is 6.50. The second-order valence-electron chi connectivity index (χ2n) is 3.65. The molecular formula is C11H12Br2O3. The molecule has 1 aromatic rings. The quantitative estimate of drug-likeness (QED) is 0.871. The third kappa shape index (κ3) is 3.22. The van der Waals surface area contributed by atoms with Gasteiger partial charge in [0, 0.05) is 0 Å². The van der Waals surface area contributed by atoms with Crippen LogP contribution in [-0.4, -0.2) is 16.2 Å². The van der Waals surface area contributed by atoms with Crippen molar-refractivity contribution in [1.82, 2.24) is 0 Å². The van der Waals surface area contributed by atoms with Crippen molar-refractivity contribution in [2.45, 2.75) is 19.8 Å². The van der Waals surface area contributed by atoms with E-state index in [-0.39, 0.29) is 11.7 Å². The van der Waals surface area contributed by atoms with Crippen LogP contribution in [0.25, 0.3) is 0 Å². The molecule has 1 aromatic carbocycles. The lowest BCUT2D eigenvalue weighted by atomic mass is 10.0. The minimum atomic E-state index is -0.794. The molecule has 0 fully saturated rings. The number of aliphatic carboxylic acids is 1. The molecule has 0 aromatic heterocycles. The van der Waals surface area contributed by atoms with E-state index in [4.69, 9.17) is 5.11 Å². The van der Waals surface area contributed by atoms with Crippen LogP contribution in [0.1, 0.15) is 18.9 Å². The van der Waals surface area contributed by atoms with Crippen molar-refractivity contribution in [3.8, 4) is 5.75 Å². The summed E-state index contributed by atoms with van der Waals surface area (Å²) in [6.45, 7) is 1.68. The standard InChI is InChI=1S/C11H12Br2O3/c1-6(11(15)16)2-3-7-4-5-8(12)10(14)9(7)13/h4-6,14H,2-3H2,1H3,(H,15,16). The van der Waals surface area contributed by atoms with Crippen molar-refractivity contribution in [2.75, 3.05) is 0 Å². The SMILES string of the molecule is CC(CCc1ccc(Br)c(O)c1Br)C(=O)O. The van der Waals surface area contributed by atoms with Gasteiger partial charge in [-0.1, -0.05) is 13.0 Å². The largest absolute Gasteiger partial charge is 0.506 e. The van der Waals surface area contributed by atoms with E-state index in [1.807, 2.05) is 6.07 Å². The fourth-order valence-electron chi connectivity index (χ4n) is 1.27. The topological polar surface area (TPSA) is 57.5 Å². The van der Waals surface area contributed by atoms with Crippen molar-refractivity contribution in [1.29, 1.82) is 0 Å². The number of benzene rings is 1. The zero-order valence-electron chi connectivity index (χ0n) is 8.70. The number of hydrogen-bond acceptors (Lipinski definition) is 2. The van der Waals surface area contributed by atoms with Gasteiger partial charge in [-0.2, -0.15) is 0 Å². The summed E-state index contributed by atoms with van der Waals surface area (Å²) in [4.78, 5) is 10.7. The lowest BCUT2D eigenvalue weighted by molar-refractivity contribution is -0.141. The maximum Gasteiger partial charge on any atom is 0.306 e. The van der Waals surface area contributed by atoms with Crippen LogP contribution in [0, 0.1) is 5.92 Å². The highest BCUT2D eigenvalue weighted by Gasteiger charge is 2.13. The number of aromatic hydroxyl groups is 1. The molecule has 0 radical (unpaired) electrons. The van der Waals surface area contributed by atoms with Gasteiger partial charge in [0.15, 0.2) is 0 Å². The summed E-state index contributed by atoms with van der Waals surface area (Å²) in [6, 6.07) is 3.61. The Bertz CT molecular complexity index is 404. The van der Waals surface area contributed by atoms with E-state index in [9.17, 15) is 9.90 Å². The van der Waals surface area contributed by atoms with E-state index in [2.05, 4.69) is 31.9 Å². The first kappa shape index (κ1) is 13.5. The summed E-state index contributed by atoms with van der Waals surface area (Å²) in [5, 5.41) is 18.4. The molecule has 1 atom stereocenters. The summed E-state index contributed by atoms with van der Waals surface area (Å²) < 4.78 is 1.24. The van der Waals surface area contributed by atoms with Gasteiger partial charge in [-0.25, -0.2) is 0 Å². The highest BCUT2D eigenvalue weighted by atomic mass is 79.9. The molecular weight excluding hydrogens is 340 g/mol. The number of aryl methyl sites for hydroxylation is 1. The Labute approximate surface area is 111 Å². The normalized spacial score (nSPS) is 12.4. The number of halogens is 2. The van der Waals surface area contributed by atoms with Crippen molar-refractivity contribution in [3.05, 3.63) is 26.6 Å². The van der Waals surface area contributed by atoms with Gasteiger partial charge in [0.1, 0.15) is 5.75 Å². The van der Waals surface area contributed by atoms with Gasteiger partial charge >= 0.3 is 5.97 Å². The van der Waals surface area contributed by atoms with Crippen molar-refractivity contribution < 1.29 is 15.0 Å². The molecule has 0 amide bonds. The molecule has 0 bridgehead atoms. The van der Waals surface area contributed by atoms with Crippen LogP contribution in [0.3, 0.4) is 0 Å². The first-order chi connectivity index (χ1) is 7.43. The van der Waals surface area contributed by atoms with E-state index < -0.39 is 5.97 Å². The molecule has 5 heteroatoms. The molecule has 0 saturated heterocycles. The van der Waals surface area contributed by atoms with E-state index in [0.717, 1.165) is 5.56 Å². The van der Waals surface area contributed by atoms with Gasteiger partial charge < -0.3 is 10.2 Å². The fraction of sp³-hybridized carbons (Fsp3) is 0.364. The maximum atomic E-state index is 10.7. The maximum absolute atomic E-state index is 10.7. The van der Waals surface area contributed by atoms with Gasteiger partial charge in [-0.05, 0) is 56.3 Å². The summed E-state index contributed by atoms with van der Waals surface area (Å²) in [6.07, 6.45) is 1.17. The predicted molar refractivity (Wildman–Crippen MR) is 68.6 cm³/mol. The predicted octanol–water partition coefficient (Wildman–Crippen LogP) is 3.57. The van der Waals surface area contributed by atoms with Gasteiger partial charge in [-0.3, -0.25) is 4.79 Å². The van der Waals surface area contributed by atoms with Crippen LogP contribution in [-0.2, 0) is 11.2 Å². The van der Waals surface area contributed by atoms with Crippen LogP contribution in [0.4, 0.5) is 0 Å². The highest BCUT2D eigenvalue weighted by molar-refractivity contribution is 9.11. The molecule has 0 aliphatic heterocycles. The van der Waals surface area contributed by atoms with Gasteiger partial charge in [0.2, 0.25) is 0 Å². The average Bonchev–Trinajstić information content (AvgIpc) is 2.24. The van der Waals surface area contributed by atoms with E-state index in [1.54, 1.807) is 13.0 Å². The van der Waals surface area contributed by atoms with Crippen molar-refractivity contribution in [3.63, 3.8) is 0 Å². The third-order valence-electron chi connectivity index (χ3n) is 2.42. The molecule has 0 aliphatic carbocycles. The Morgan fingerprint density at radius 3 is 2.62 bits per heavy atom. The Morgan fingerprint density at radius 1 is 1.44 bits per heavy atom. The molecule has 1 rings (SSSR count). The van der Waals surface area contributed by atoms with Crippen LogP contribution in [0.5, 0.6) is 5.75 Å². The molecule has 88 valence electrons.